The highest BCUT2D eigenvalue weighted by Crippen LogP contribution is 2.29. The van der Waals surface area contributed by atoms with Crippen LogP contribution in [-0.4, -0.2) is 29.8 Å². The van der Waals surface area contributed by atoms with Gasteiger partial charge in [-0.05, 0) is 78.8 Å². The fourth-order valence-corrected chi connectivity index (χ4v) is 4.83. The molecule has 0 saturated heterocycles. The number of aryl methyl sites for hydroxylation is 1. The van der Waals surface area contributed by atoms with Crippen molar-refractivity contribution in [3.8, 4) is 11.1 Å². The molecule has 4 aromatic rings. The van der Waals surface area contributed by atoms with Gasteiger partial charge in [0.25, 0.3) is 11.8 Å². The highest BCUT2D eigenvalue weighted by Gasteiger charge is 2.22. The Hall–Kier alpha value is -4.25. The lowest BCUT2D eigenvalue weighted by Gasteiger charge is -2.24. The van der Waals surface area contributed by atoms with E-state index in [1.165, 1.54) is 23.3 Å². The first-order valence-corrected chi connectivity index (χ1v) is 13.5. The first-order valence-electron chi connectivity index (χ1n) is 13.5. The molecule has 0 aliphatic rings. The van der Waals surface area contributed by atoms with E-state index in [0.29, 0.717) is 29.8 Å². The quantitative estimate of drug-likeness (QED) is 0.236. The molecule has 4 nitrogen and oxygen atoms in total. The minimum atomic E-state index is -0.320. The summed E-state index contributed by atoms with van der Waals surface area (Å²) in [5.41, 5.74) is 5.73. The molecule has 0 heterocycles. The molecule has 0 aliphatic carbocycles. The van der Waals surface area contributed by atoms with Crippen LogP contribution >= 0.6 is 0 Å². The maximum absolute atomic E-state index is 13.9. The van der Waals surface area contributed by atoms with Gasteiger partial charge in [-0.1, -0.05) is 79.7 Å². The van der Waals surface area contributed by atoms with Crippen molar-refractivity contribution in [2.24, 2.45) is 0 Å². The molecule has 0 spiro atoms. The number of halogens is 1. The molecule has 1 N–H and O–H groups in total. The maximum Gasteiger partial charge on any atom is 0.254 e. The predicted octanol–water partition coefficient (Wildman–Crippen LogP) is 7.39. The largest absolute Gasteiger partial charge is 0.345 e. The molecule has 0 aromatic heterocycles. The van der Waals surface area contributed by atoms with Crippen LogP contribution in [0, 0.1) is 12.7 Å². The van der Waals surface area contributed by atoms with E-state index >= 15 is 0 Å². The van der Waals surface area contributed by atoms with Gasteiger partial charge in [-0.25, -0.2) is 4.39 Å². The molecule has 0 bridgehead atoms. The number of carbonyl (C=O) groups is 2. The van der Waals surface area contributed by atoms with Crippen LogP contribution in [0.4, 0.5) is 4.39 Å². The molecule has 0 fully saturated rings. The number of amides is 2. The van der Waals surface area contributed by atoms with Crippen molar-refractivity contribution >= 4 is 11.8 Å². The van der Waals surface area contributed by atoms with Crippen LogP contribution < -0.4 is 5.32 Å². The minimum absolute atomic E-state index is 0.0454. The third kappa shape index (κ3) is 6.80. The summed E-state index contributed by atoms with van der Waals surface area (Å²) < 4.78 is 13.4. The second-order valence-corrected chi connectivity index (χ2v) is 9.81. The third-order valence-electron chi connectivity index (χ3n) is 7.03. The van der Waals surface area contributed by atoms with E-state index in [4.69, 9.17) is 0 Å². The maximum atomic E-state index is 13.9. The molecule has 2 amide bonds. The van der Waals surface area contributed by atoms with E-state index < -0.39 is 0 Å². The van der Waals surface area contributed by atoms with Crippen molar-refractivity contribution in [3.63, 3.8) is 0 Å². The van der Waals surface area contributed by atoms with Crippen molar-refractivity contribution in [2.75, 3.05) is 13.1 Å². The Morgan fingerprint density at radius 2 is 1.38 bits per heavy atom. The van der Waals surface area contributed by atoms with Crippen LogP contribution in [-0.2, 0) is 6.42 Å². The van der Waals surface area contributed by atoms with E-state index in [9.17, 15) is 14.0 Å². The molecule has 39 heavy (non-hydrogen) atoms. The second-order valence-electron chi connectivity index (χ2n) is 9.81. The molecule has 1 unspecified atom stereocenters. The van der Waals surface area contributed by atoms with Crippen molar-refractivity contribution in [1.82, 2.24) is 10.2 Å². The zero-order valence-corrected chi connectivity index (χ0v) is 22.8. The van der Waals surface area contributed by atoms with Gasteiger partial charge in [0, 0.05) is 24.2 Å². The van der Waals surface area contributed by atoms with Gasteiger partial charge in [0.05, 0.1) is 6.04 Å². The molecule has 200 valence electrons. The lowest BCUT2D eigenvalue weighted by atomic mass is 9.94. The Morgan fingerprint density at radius 3 is 2.05 bits per heavy atom. The molecule has 0 radical (unpaired) electrons. The van der Waals surface area contributed by atoms with E-state index in [0.717, 1.165) is 24.0 Å². The van der Waals surface area contributed by atoms with Gasteiger partial charge < -0.3 is 10.2 Å². The number of nitrogens with one attached hydrogen (secondary N) is 1. The number of rotatable bonds is 10. The summed E-state index contributed by atoms with van der Waals surface area (Å²) in [6, 6.07) is 28.9. The molecular weight excluding hydrogens is 487 g/mol. The van der Waals surface area contributed by atoms with E-state index in [1.807, 2.05) is 66.4 Å². The van der Waals surface area contributed by atoms with E-state index in [-0.39, 0.29) is 23.7 Å². The number of benzene rings is 4. The van der Waals surface area contributed by atoms with Crippen molar-refractivity contribution in [1.29, 1.82) is 0 Å². The van der Waals surface area contributed by atoms with Gasteiger partial charge >= 0.3 is 0 Å². The Balaban J connectivity index is 1.61. The first kappa shape index (κ1) is 27.8. The fraction of sp³-hybridized carbons (Fsp3) is 0.235. The molecule has 4 rings (SSSR count). The SMILES string of the molecule is CCCN(CCc1ccccc1C)C(=O)c1ccccc1-c1ccccc1C(=O)NC(C)c1ccc(F)cc1. The number of hydrogen-bond acceptors (Lipinski definition) is 2. The second kappa shape index (κ2) is 13.0. The standard InChI is InChI=1S/C34H35FN2O2/c1-4-22-37(23-21-26-12-6-5-11-24(26)2)34(39)32-16-10-8-14-30(32)29-13-7-9-15-31(29)33(38)36-25(3)27-17-19-28(35)20-18-27/h5-20,25H,4,21-23H2,1-3H3,(H,36,38). The van der Waals surface area contributed by atoms with Gasteiger partial charge in [0.15, 0.2) is 0 Å². The predicted molar refractivity (Wildman–Crippen MR) is 155 cm³/mol. The topological polar surface area (TPSA) is 49.4 Å². The van der Waals surface area contributed by atoms with Crippen LogP contribution in [0.3, 0.4) is 0 Å². The van der Waals surface area contributed by atoms with Crippen molar-refractivity contribution in [3.05, 3.63) is 131 Å². The number of nitrogens with zero attached hydrogens (tertiary/aromatic N) is 1. The van der Waals surface area contributed by atoms with Gasteiger partial charge in [0.2, 0.25) is 0 Å². The van der Waals surface area contributed by atoms with Crippen LogP contribution in [0.5, 0.6) is 0 Å². The fourth-order valence-electron chi connectivity index (χ4n) is 4.83. The van der Waals surface area contributed by atoms with Gasteiger partial charge in [-0.15, -0.1) is 0 Å². The number of carbonyl (C=O) groups excluding carboxylic acids is 2. The molecule has 1 atom stereocenters. The van der Waals surface area contributed by atoms with Gasteiger partial charge in [0.1, 0.15) is 5.82 Å². The van der Waals surface area contributed by atoms with Gasteiger partial charge in [-0.3, -0.25) is 9.59 Å². The average Bonchev–Trinajstić information content (AvgIpc) is 2.96. The van der Waals surface area contributed by atoms with Crippen molar-refractivity contribution < 1.29 is 14.0 Å². The van der Waals surface area contributed by atoms with Gasteiger partial charge in [-0.2, -0.15) is 0 Å². The molecular formula is C34H35FN2O2. The average molecular weight is 523 g/mol. The van der Waals surface area contributed by atoms with Crippen LogP contribution in [0.15, 0.2) is 97.1 Å². The normalized spacial score (nSPS) is 11.6. The Morgan fingerprint density at radius 1 is 0.795 bits per heavy atom. The monoisotopic (exact) mass is 522 g/mol. The Kier molecular flexibility index (Phi) is 9.27. The van der Waals surface area contributed by atoms with Crippen LogP contribution in [0.2, 0.25) is 0 Å². The smallest absolute Gasteiger partial charge is 0.254 e. The summed E-state index contributed by atoms with van der Waals surface area (Å²) in [7, 11) is 0. The lowest BCUT2D eigenvalue weighted by molar-refractivity contribution is 0.0757. The third-order valence-corrected chi connectivity index (χ3v) is 7.03. The first-order chi connectivity index (χ1) is 18.9. The lowest BCUT2D eigenvalue weighted by Crippen LogP contribution is -2.34. The molecule has 0 saturated carbocycles. The molecule has 5 heteroatoms. The zero-order valence-electron chi connectivity index (χ0n) is 22.8. The Bertz CT molecular complexity index is 1430. The molecule has 4 aromatic carbocycles. The minimum Gasteiger partial charge on any atom is -0.345 e. The highest BCUT2D eigenvalue weighted by molar-refractivity contribution is 6.06. The number of hydrogen-bond donors (Lipinski definition) is 1. The summed E-state index contributed by atoms with van der Waals surface area (Å²) in [5, 5.41) is 3.02. The van der Waals surface area contributed by atoms with Crippen molar-refractivity contribution in [2.45, 2.75) is 39.7 Å². The van der Waals surface area contributed by atoms with E-state index in [2.05, 4.69) is 31.3 Å². The Labute approximate surface area is 230 Å². The highest BCUT2D eigenvalue weighted by atomic mass is 19.1. The summed E-state index contributed by atoms with van der Waals surface area (Å²) in [5.74, 6) is -0.620. The summed E-state index contributed by atoms with van der Waals surface area (Å²) in [4.78, 5) is 29.2. The summed E-state index contributed by atoms with van der Waals surface area (Å²) >= 11 is 0. The van der Waals surface area contributed by atoms with Crippen LogP contribution in [0.1, 0.15) is 63.7 Å². The summed E-state index contributed by atoms with van der Waals surface area (Å²) in [6.45, 7) is 7.29. The molecule has 0 aliphatic heterocycles. The van der Waals surface area contributed by atoms with Crippen LogP contribution in [0.25, 0.3) is 11.1 Å². The van der Waals surface area contributed by atoms with E-state index in [1.54, 1.807) is 18.2 Å². The summed E-state index contributed by atoms with van der Waals surface area (Å²) in [6.07, 6.45) is 1.63. The zero-order chi connectivity index (χ0) is 27.8.